The monoisotopic (exact) mass is 681 g/mol. The Bertz CT molecular complexity index is 708. The van der Waals surface area contributed by atoms with Gasteiger partial charge in [0.05, 0.1) is 0 Å². The molecule has 0 heterocycles. The van der Waals surface area contributed by atoms with Gasteiger partial charge in [-0.2, -0.15) is 0 Å². The number of hydrogen-bond donors (Lipinski definition) is 0. The lowest BCUT2D eigenvalue weighted by Crippen LogP contribution is -2.30. The van der Waals surface area contributed by atoms with E-state index in [2.05, 4.69) is 20.8 Å². The van der Waals surface area contributed by atoms with Crippen LogP contribution >= 0.6 is 0 Å². The fourth-order valence-corrected chi connectivity index (χ4v) is 6.15. The lowest BCUT2D eigenvalue weighted by atomic mass is 10.0. The number of esters is 3. The van der Waals surface area contributed by atoms with Gasteiger partial charge < -0.3 is 14.2 Å². The van der Waals surface area contributed by atoms with Gasteiger partial charge >= 0.3 is 17.9 Å². The van der Waals surface area contributed by atoms with Gasteiger partial charge in [0.25, 0.3) is 0 Å². The zero-order chi connectivity index (χ0) is 35.2. The molecule has 0 aromatic carbocycles. The van der Waals surface area contributed by atoms with E-state index in [1.807, 2.05) is 0 Å². The summed E-state index contributed by atoms with van der Waals surface area (Å²) in [5.74, 6) is -0.865. The van der Waals surface area contributed by atoms with Gasteiger partial charge in [0.15, 0.2) is 6.10 Å². The predicted molar refractivity (Wildman–Crippen MR) is 201 cm³/mol. The number of carbonyl (C=O) groups excluding carboxylic acids is 3. The van der Waals surface area contributed by atoms with Crippen molar-refractivity contribution in [2.24, 2.45) is 0 Å². The third-order valence-electron chi connectivity index (χ3n) is 9.36. The van der Waals surface area contributed by atoms with Crippen LogP contribution in [-0.2, 0) is 28.6 Å². The van der Waals surface area contributed by atoms with Crippen LogP contribution in [0.25, 0.3) is 0 Å². The summed E-state index contributed by atoms with van der Waals surface area (Å²) in [7, 11) is 0. The molecule has 1 atom stereocenters. The summed E-state index contributed by atoms with van der Waals surface area (Å²) < 4.78 is 16.6. The van der Waals surface area contributed by atoms with Gasteiger partial charge in [-0.1, -0.05) is 194 Å². The standard InChI is InChI=1S/C42H80O6/c1-4-7-10-13-16-18-20-21-22-24-27-30-33-36-42(45)48-39(37-46-40(43)34-31-28-25-15-12-9-6-3)38-47-41(44)35-32-29-26-23-19-17-14-11-8-5-2/h39H,4-38H2,1-3H3/t39-/m1/s1. The molecule has 0 fully saturated rings. The van der Waals surface area contributed by atoms with Gasteiger partial charge in [-0.3, -0.25) is 14.4 Å². The molecule has 0 spiro atoms. The summed E-state index contributed by atoms with van der Waals surface area (Å²) in [5, 5.41) is 0. The molecule has 0 aliphatic rings. The van der Waals surface area contributed by atoms with Crippen molar-refractivity contribution in [1.82, 2.24) is 0 Å². The molecule has 0 N–H and O–H groups in total. The Balaban J connectivity index is 4.29. The van der Waals surface area contributed by atoms with Crippen LogP contribution in [0, 0.1) is 0 Å². The molecule has 0 aliphatic carbocycles. The quantitative estimate of drug-likeness (QED) is 0.0367. The lowest BCUT2D eigenvalue weighted by molar-refractivity contribution is -0.167. The molecule has 0 amide bonds. The normalized spacial score (nSPS) is 11.8. The van der Waals surface area contributed by atoms with Crippen molar-refractivity contribution in [3.05, 3.63) is 0 Å². The maximum Gasteiger partial charge on any atom is 0.306 e. The molecule has 0 aromatic rings. The first-order valence-corrected chi connectivity index (χ1v) is 21.0. The topological polar surface area (TPSA) is 78.9 Å². The van der Waals surface area contributed by atoms with E-state index >= 15 is 0 Å². The number of unbranched alkanes of at least 4 members (excludes halogenated alkanes) is 27. The molecular weight excluding hydrogens is 600 g/mol. The highest BCUT2D eigenvalue weighted by Gasteiger charge is 2.19. The Morgan fingerprint density at radius 1 is 0.333 bits per heavy atom. The zero-order valence-electron chi connectivity index (χ0n) is 32.3. The highest BCUT2D eigenvalue weighted by molar-refractivity contribution is 5.71. The van der Waals surface area contributed by atoms with E-state index in [0.717, 1.165) is 57.8 Å². The summed E-state index contributed by atoms with van der Waals surface area (Å²) >= 11 is 0. The smallest absolute Gasteiger partial charge is 0.306 e. The zero-order valence-corrected chi connectivity index (χ0v) is 32.3. The average Bonchev–Trinajstić information content (AvgIpc) is 3.08. The van der Waals surface area contributed by atoms with Crippen molar-refractivity contribution in [1.29, 1.82) is 0 Å². The Labute approximate surface area is 298 Å². The molecule has 0 aliphatic heterocycles. The van der Waals surface area contributed by atoms with Gasteiger partial charge in [0.1, 0.15) is 13.2 Å². The third-order valence-corrected chi connectivity index (χ3v) is 9.36. The largest absolute Gasteiger partial charge is 0.462 e. The van der Waals surface area contributed by atoms with Crippen LogP contribution < -0.4 is 0 Å². The maximum absolute atomic E-state index is 12.6. The van der Waals surface area contributed by atoms with Crippen LogP contribution in [-0.4, -0.2) is 37.2 Å². The molecule has 284 valence electrons. The number of ether oxygens (including phenoxy) is 3. The SMILES string of the molecule is CCCCCCCCCCCCCCCC(=O)O[C@H](COC(=O)CCCCCCCCC)COC(=O)CCCCCCCCCCCC. The average molecular weight is 681 g/mol. The summed E-state index contributed by atoms with van der Waals surface area (Å²) in [6, 6.07) is 0. The van der Waals surface area contributed by atoms with Crippen molar-refractivity contribution in [2.75, 3.05) is 13.2 Å². The third kappa shape index (κ3) is 35.7. The van der Waals surface area contributed by atoms with Crippen molar-refractivity contribution in [2.45, 2.75) is 239 Å². The van der Waals surface area contributed by atoms with Gasteiger partial charge in [-0.15, -0.1) is 0 Å². The molecule has 0 saturated heterocycles. The number of carbonyl (C=O) groups is 3. The number of hydrogen-bond acceptors (Lipinski definition) is 6. The van der Waals surface area contributed by atoms with Gasteiger partial charge in [-0.05, 0) is 19.3 Å². The van der Waals surface area contributed by atoms with Gasteiger partial charge in [-0.25, -0.2) is 0 Å². The van der Waals surface area contributed by atoms with E-state index in [1.165, 1.54) is 135 Å². The summed E-state index contributed by atoms with van der Waals surface area (Å²) in [6.07, 6.45) is 36.6. The van der Waals surface area contributed by atoms with Crippen LogP contribution in [0.15, 0.2) is 0 Å². The Hall–Kier alpha value is -1.59. The highest BCUT2D eigenvalue weighted by atomic mass is 16.6. The summed E-state index contributed by atoms with van der Waals surface area (Å²) in [5.41, 5.74) is 0. The highest BCUT2D eigenvalue weighted by Crippen LogP contribution is 2.15. The molecule has 6 heteroatoms. The van der Waals surface area contributed by atoms with Crippen LogP contribution in [0.4, 0.5) is 0 Å². The first kappa shape index (κ1) is 46.4. The van der Waals surface area contributed by atoms with Crippen LogP contribution in [0.1, 0.15) is 233 Å². The van der Waals surface area contributed by atoms with Crippen molar-refractivity contribution in [3.63, 3.8) is 0 Å². The molecule has 0 bridgehead atoms. The second kappa shape index (κ2) is 38.2. The molecular formula is C42H80O6. The van der Waals surface area contributed by atoms with E-state index in [9.17, 15) is 14.4 Å². The van der Waals surface area contributed by atoms with E-state index in [4.69, 9.17) is 14.2 Å². The summed E-state index contributed by atoms with van der Waals surface area (Å²) in [4.78, 5) is 37.4. The van der Waals surface area contributed by atoms with Crippen LogP contribution in [0.3, 0.4) is 0 Å². The van der Waals surface area contributed by atoms with Crippen molar-refractivity contribution in [3.8, 4) is 0 Å². The van der Waals surface area contributed by atoms with E-state index in [1.54, 1.807) is 0 Å². The van der Waals surface area contributed by atoms with Gasteiger partial charge in [0.2, 0.25) is 0 Å². The molecule has 0 saturated carbocycles. The predicted octanol–water partition coefficient (Wildman–Crippen LogP) is 12.9. The molecule has 48 heavy (non-hydrogen) atoms. The first-order chi connectivity index (χ1) is 23.5. The second-order valence-corrected chi connectivity index (χ2v) is 14.3. The minimum atomic E-state index is -0.755. The molecule has 0 radical (unpaired) electrons. The molecule has 0 aromatic heterocycles. The Kier molecular flexibility index (Phi) is 36.9. The molecule has 0 unspecified atom stereocenters. The van der Waals surface area contributed by atoms with Crippen molar-refractivity contribution >= 4 is 17.9 Å². The second-order valence-electron chi connectivity index (χ2n) is 14.3. The van der Waals surface area contributed by atoms with Crippen LogP contribution in [0.2, 0.25) is 0 Å². The lowest BCUT2D eigenvalue weighted by Gasteiger charge is -2.18. The van der Waals surface area contributed by atoms with Gasteiger partial charge in [0, 0.05) is 19.3 Å². The summed E-state index contributed by atoms with van der Waals surface area (Å²) in [6.45, 7) is 6.58. The minimum Gasteiger partial charge on any atom is -0.462 e. The van der Waals surface area contributed by atoms with Crippen LogP contribution in [0.5, 0.6) is 0 Å². The fourth-order valence-electron chi connectivity index (χ4n) is 6.15. The van der Waals surface area contributed by atoms with E-state index < -0.39 is 6.10 Å². The molecule has 6 nitrogen and oxygen atoms in total. The molecule has 0 rings (SSSR count). The van der Waals surface area contributed by atoms with E-state index in [0.29, 0.717) is 19.3 Å². The first-order valence-electron chi connectivity index (χ1n) is 21.0. The minimum absolute atomic E-state index is 0.0638. The number of rotatable bonds is 38. The van der Waals surface area contributed by atoms with E-state index in [-0.39, 0.29) is 31.1 Å². The maximum atomic E-state index is 12.6. The van der Waals surface area contributed by atoms with Crippen molar-refractivity contribution < 1.29 is 28.6 Å². The Morgan fingerprint density at radius 2 is 0.562 bits per heavy atom. The Morgan fingerprint density at radius 3 is 0.833 bits per heavy atom. The fraction of sp³-hybridized carbons (Fsp3) is 0.929.